The van der Waals surface area contributed by atoms with Gasteiger partial charge in [0, 0.05) is 16.1 Å². The second-order valence-electron chi connectivity index (χ2n) is 7.48. The fourth-order valence-corrected chi connectivity index (χ4v) is 4.06. The van der Waals surface area contributed by atoms with Crippen LogP contribution in [0.3, 0.4) is 0 Å². The number of carbonyl (C=O) groups is 2. The topological polar surface area (TPSA) is 121 Å². The van der Waals surface area contributed by atoms with Crippen molar-refractivity contribution in [3.05, 3.63) is 86.1 Å². The summed E-state index contributed by atoms with van der Waals surface area (Å²) < 4.78 is 35.1. The van der Waals surface area contributed by atoms with Gasteiger partial charge in [-0.3, -0.25) is 14.2 Å². The third-order valence-corrected chi connectivity index (χ3v) is 5.96. The van der Waals surface area contributed by atoms with Crippen molar-refractivity contribution in [1.82, 2.24) is 14.5 Å². The second kappa shape index (κ2) is 9.74. The summed E-state index contributed by atoms with van der Waals surface area (Å²) in [7, 11) is 1.22. The predicted octanol–water partition coefficient (Wildman–Crippen LogP) is 4.45. The molecule has 0 aliphatic rings. The largest absolute Gasteiger partial charge is 0.465 e. The summed E-state index contributed by atoms with van der Waals surface area (Å²) >= 11 is 1.09. The number of halogens is 2. The molecule has 9 nitrogen and oxygen atoms in total. The van der Waals surface area contributed by atoms with Gasteiger partial charge in [0.15, 0.2) is 10.8 Å². The second-order valence-corrected chi connectivity index (χ2v) is 8.26. The van der Waals surface area contributed by atoms with Crippen LogP contribution >= 0.6 is 11.8 Å². The molecule has 0 fully saturated rings. The predicted molar refractivity (Wildman–Crippen MR) is 128 cm³/mol. The van der Waals surface area contributed by atoms with E-state index in [0.29, 0.717) is 15.7 Å². The van der Waals surface area contributed by atoms with Gasteiger partial charge in [0.1, 0.15) is 22.9 Å². The quantitative estimate of drug-likeness (QED) is 0.167. The highest BCUT2D eigenvalue weighted by Gasteiger charge is 2.25. The lowest BCUT2D eigenvalue weighted by atomic mass is 9.99. The van der Waals surface area contributed by atoms with Crippen LogP contribution in [0.2, 0.25) is 0 Å². The van der Waals surface area contributed by atoms with Crippen LogP contribution in [-0.2, 0) is 4.74 Å². The number of nitroso groups, excluding NO2 is 1. The molecule has 0 N–H and O–H groups in total. The minimum absolute atomic E-state index is 0.0205. The van der Waals surface area contributed by atoms with Gasteiger partial charge < -0.3 is 4.74 Å². The van der Waals surface area contributed by atoms with Crippen LogP contribution in [0.15, 0.2) is 57.6 Å². The van der Waals surface area contributed by atoms with Crippen molar-refractivity contribution >= 4 is 34.7 Å². The number of esters is 1. The summed E-state index contributed by atoms with van der Waals surface area (Å²) in [5.41, 5.74) is -1.54. The van der Waals surface area contributed by atoms with Crippen molar-refractivity contribution in [3.8, 4) is 16.9 Å². The zero-order valence-corrected chi connectivity index (χ0v) is 19.9. The monoisotopic (exact) mass is 510 g/mol. The number of benzene rings is 2. The molecule has 1 amide bonds. The van der Waals surface area contributed by atoms with E-state index in [9.17, 15) is 28.1 Å². The first-order chi connectivity index (χ1) is 17.2. The first-order valence-corrected chi connectivity index (χ1v) is 11.5. The highest BCUT2D eigenvalue weighted by molar-refractivity contribution is 7.98. The SMILES string of the molecule is COC(=O)c1ccc(C)c(-c2nc(SC)nc3c2cc(C(=O)N=O)c(=O)n3-c2c(F)cccc2F)c1. The Kier molecular flexibility index (Phi) is 6.71. The maximum absolute atomic E-state index is 14.8. The average Bonchev–Trinajstić information content (AvgIpc) is 2.88. The van der Waals surface area contributed by atoms with Crippen LogP contribution in [0, 0.1) is 23.5 Å². The Bertz CT molecular complexity index is 1620. The molecule has 4 rings (SSSR count). The molecule has 36 heavy (non-hydrogen) atoms. The van der Waals surface area contributed by atoms with E-state index >= 15 is 0 Å². The van der Waals surface area contributed by atoms with Crippen molar-refractivity contribution in [2.75, 3.05) is 13.4 Å². The Morgan fingerprint density at radius 1 is 1.08 bits per heavy atom. The summed E-state index contributed by atoms with van der Waals surface area (Å²) in [6.07, 6.45) is 1.66. The maximum atomic E-state index is 14.8. The van der Waals surface area contributed by atoms with E-state index in [1.807, 2.05) is 0 Å². The van der Waals surface area contributed by atoms with Crippen LogP contribution < -0.4 is 5.56 Å². The van der Waals surface area contributed by atoms with Gasteiger partial charge in [0.05, 0.1) is 18.4 Å². The molecule has 0 aliphatic heterocycles. The molecule has 2 aromatic carbocycles. The van der Waals surface area contributed by atoms with E-state index in [1.165, 1.54) is 13.2 Å². The molecule has 2 aromatic heterocycles. The molecular formula is C24H16F2N4O5S. The van der Waals surface area contributed by atoms with Crippen molar-refractivity contribution in [3.63, 3.8) is 0 Å². The Morgan fingerprint density at radius 3 is 2.39 bits per heavy atom. The van der Waals surface area contributed by atoms with Crippen molar-refractivity contribution in [2.24, 2.45) is 5.18 Å². The summed E-state index contributed by atoms with van der Waals surface area (Å²) in [5.74, 6) is -4.26. The Labute approximate surface area is 206 Å². The van der Waals surface area contributed by atoms with Crippen LogP contribution in [0.4, 0.5) is 8.78 Å². The van der Waals surface area contributed by atoms with Crippen molar-refractivity contribution in [1.29, 1.82) is 0 Å². The van der Waals surface area contributed by atoms with Crippen molar-refractivity contribution < 1.29 is 23.1 Å². The molecular weight excluding hydrogens is 494 g/mol. The molecule has 4 aromatic rings. The fourth-order valence-electron chi connectivity index (χ4n) is 3.69. The van der Waals surface area contributed by atoms with E-state index in [2.05, 4.69) is 15.1 Å². The number of carbonyl (C=O) groups excluding carboxylic acids is 2. The van der Waals surface area contributed by atoms with Crippen LogP contribution in [-0.4, -0.2) is 39.8 Å². The van der Waals surface area contributed by atoms with Crippen LogP contribution in [0.1, 0.15) is 26.3 Å². The molecule has 182 valence electrons. The number of hydrogen-bond acceptors (Lipinski definition) is 8. The third kappa shape index (κ3) is 4.15. The van der Waals surface area contributed by atoms with Gasteiger partial charge in [0.2, 0.25) is 0 Å². The average molecular weight is 510 g/mol. The highest BCUT2D eigenvalue weighted by atomic mass is 32.2. The smallest absolute Gasteiger partial charge is 0.337 e. The van der Waals surface area contributed by atoms with Crippen molar-refractivity contribution in [2.45, 2.75) is 12.1 Å². The number of aryl methyl sites for hydroxylation is 1. The lowest BCUT2D eigenvalue weighted by Gasteiger charge is -2.16. The lowest BCUT2D eigenvalue weighted by Crippen LogP contribution is -2.27. The van der Waals surface area contributed by atoms with E-state index < -0.39 is 40.3 Å². The number of rotatable bonds is 5. The van der Waals surface area contributed by atoms with Gasteiger partial charge in [-0.15, -0.1) is 4.91 Å². The standard InChI is InChI=1S/C24H16F2N4O5S/c1-11-7-8-12(23(33)35-2)9-13(11)18-14-10-15(21(31)29-34)22(32)30(20(14)28-24(27-18)36-3)19-16(25)5-4-6-17(19)26/h4-10H,1-3H3. The number of thioether (sulfide) groups is 1. The van der Waals surface area contributed by atoms with Gasteiger partial charge in [0.25, 0.3) is 5.56 Å². The molecule has 0 bridgehead atoms. The Morgan fingerprint density at radius 2 is 1.78 bits per heavy atom. The number of fused-ring (bicyclic) bond motifs is 1. The Balaban J connectivity index is 2.24. The molecule has 12 heteroatoms. The molecule has 0 saturated carbocycles. The fraction of sp³-hybridized carbons (Fsp3) is 0.125. The number of ether oxygens (including phenoxy) is 1. The third-order valence-electron chi connectivity index (χ3n) is 5.41. The van der Waals surface area contributed by atoms with E-state index in [4.69, 9.17) is 4.74 Å². The molecule has 0 unspecified atom stereocenters. The van der Waals surface area contributed by atoms with E-state index in [0.717, 1.165) is 36.0 Å². The summed E-state index contributed by atoms with van der Waals surface area (Å²) in [6.45, 7) is 1.73. The van der Waals surface area contributed by atoms with Gasteiger partial charge in [-0.2, -0.15) is 0 Å². The zero-order valence-electron chi connectivity index (χ0n) is 19.0. The van der Waals surface area contributed by atoms with E-state index in [1.54, 1.807) is 25.3 Å². The minimum atomic E-state index is -1.44. The van der Waals surface area contributed by atoms with Gasteiger partial charge in [-0.25, -0.2) is 23.5 Å². The Hall–Kier alpha value is -4.32. The first kappa shape index (κ1) is 24.8. The van der Waals surface area contributed by atoms with Gasteiger partial charge >= 0.3 is 11.9 Å². The number of aromatic nitrogens is 3. The number of hydrogen-bond donors (Lipinski definition) is 0. The zero-order chi connectivity index (χ0) is 26.1. The molecule has 0 radical (unpaired) electrons. The molecule has 0 spiro atoms. The number of amides is 1. The molecule has 0 saturated heterocycles. The summed E-state index contributed by atoms with van der Waals surface area (Å²) in [4.78, 5) is 57.5. The molecule has 2 heterocycles. The number of para-hydroxylation sites is 1. The van der Waals surface area contributed by atoms with Gasteiger partial charge in [-0.1, -0.05) is 23.9 Å². The summed E-state index contributed by atoms with van der Waals surface area (Å²) in [6, 6.07) is 8.71. The highest BCUT2D eigenvalue weighted by Crippen LogP contribution is 2.33. The molecule has 0 aliphatic carbocycles. The van der Waals surface area contributed by atoms with Crippen LogP contribution in [0.25, 0.3) is 28.0 Å². The minimum Gasteiger partial charge on any atom is -0.465 e. The number of pyridine rings is 1. The van der Waals surface area contributed by atoms with Crippen LogP contribution in [0.5, 0.6) is 0 Å². The van der Waals surface area contributed by atoms with E-state index in [-0.39, 0.29) is 27.4 Å². The number of nitrogens with zero attached hydrogens (tertiary/aromatic N) is 4. The molecule has 0 atom stereocenters. The number of methoxy groups -OCH3 is 1. The maximum Gasteiger partial charge on any atom is 0.337 e. The normalized spacial score (nSPS) is 10.9. The first-order valence-electron chi connectivity index (χ1n) is 10.2. The summed E-state index contributed by atoms with van der Waals surface area (Å²) in [5, 5.41) is 2.47. The lowest BCUT2D eigenvalue weighted by molar-refractivity contribution is 0.0600. The van der Waals surface area contributed by atoms with Gasteiger partial charge in [-0.05, 0) is 49.1 Å².